The molecule has 8 nitrogen and oxygen atoms in total. The molecule has 2 aliphatic rings. The van der Waals surface area contributed by atoms with Crippen molar-refractivity contribution >= 4 is 12.4 Å². The van der Waals surface area contributed by atoms with Gasteiger partial charge in [0, 0.05) is 37.4 Å². The van der Waals surface area contributed by atoms with E-state index in [4.69, 9.17) is 9.15 Å². The number of likely N-dealkylation sites (N-methyl/N-ethyl adjacent to an activating group) is 1. The average Bonchev–Trinajstić information content (AvgIpc) is 3.09. The summed E-state index contributed by atoms with van der Waals surface area (Å²) in [5.41, 5.74) is 0.138. The third-order valence-electron chi connectivity index (χ3n) is 6.99. The zero-order valence-electron chi connectivity index (χ0n) is 19.6. The van der Waals surface area contributed by atoms with Crippen LogP contribution in [0.4, 0.5) is 0 Å². The van der Waals surface area contributed by atoms with Crippen molar-refractivity contribution in [1.82, 2.24) is 20.4 Å². The molecule has 1 unspecified atom stereocenters. The highest BCUT2D eigenvalue weighted by Gasteiger charge is 2.53. The summed E-state index contributed by atoms with van der Waals surface area (Å²) < 4.78 is 10.9. The smallest absolute Gasteiger partial charge is 0.293 e. The molecule has 1 amide bonds. The maximum absolute atomic E-state index is 12.5. The van der Waals surface area contributed by atoms with Crippen molar-refractivity contribution in [1.29, 1.82) is 0 Å². The molecule has 0 radical (unpaired) electrons. The molecule has 1 saturated carbocycles. The van der Waals surface area contributed by atoms with E-state index in [0.717, 1.165) is 50.6 Å². The van der Waals surface area contributed by atoms with Crippen LogP contribution >= 0.6 is 0 Å². The minimum absolute atomic E-state index is 0.0107. The van der Waals surface area contributed by atoms with Crippen molar-refractivity contribution < 1.29 is 18.7 Å². The quantitative estimate of drug-likeness (QED) is 0.535. The van der Waals surface area contributed by atoms with Gasteiger partial charge in [-0.3, -0.25) is 9.59 Å². The average molecular weight is 435 g/mol. The van der Waals surface area contributed by atoms with E-state index >= 15 is 0 Å². The Hall–Kier alpha value is -1.96. The Morgan fingerprint density at radius 1 is 1.32 bits per heavy atom. The van der Waals surface area contributed by atoms with Crippen molar-refractivity contribution in [2.75, 3.05) is 26.7 Å². The molecule has 2 fully saturated rings. The number of carbonyl (C=O) groups is 2. The maximum atomic E-state index is 12.5. The highest BCUT2D eigenvalue weighted by atomic mass is 16.5. The van der Waals surface area contributed by atoms with Crippen molar-refractivity contribution in [2.45, 2.75) is 77.7 Å². The second-order valence-corrected chi connectivity index (χ2v) is 10.6. The fourth-order valence-electron chi connectivity index (χ4n) is 4.82. The molecule has 1 aliphatic carbocycles. The topological polar surface area (TPSA) is 97.6 Å². The van der Waals surface area contributed by atoms with Crippen LogP contribution in [0.2, 0.25) is 0 Å². The standard InChI is InChI=1S/C23H38N4O4/c1-6-23(21-26-25-19(31-21)11-22(2,3)4)9-16(10-23)17-12-27(13-17)20(29)8-7-18(24-5)14-30-15-28/h15-18,24H,6-14H2,1-5H3. The van der Waals surface area contributed by atoms with Crippen LogP contribution in [0.1, 0.15) is 71.6 Å². The number of amides is 1. The molecular weight excluding hydrogens is 396 g/mol. The summed E-state index contributed by atoms with van der Waals surface area (Å²) in [5.74, 6) is 2.91. The number of likely N-dealkylation sites (tertiary alicyclic amines) is 1. The normalized spacial score (nSPS) is 24.9. The number of aromatic nitrogens is 2. The number of hydrogen-bond donors (Lipinski definition) is 1. The number of rotatable bonds is 11. The van der Waals surface area contributed by atoms with Gasteiger partial charge in [0.05, 0.1) is 0 Å². The fraction of sp³-hybridized carbons (Fsp3) is 0.826. The molecule has 3 rings (SSSR count). The molecule has 0 spiro atoms. The molecule has 1 aromatic heterocycles. The van der Waals surface area contributed by atoms with Crippen molar-refractivity contribution in [3.8, 4) is 0 Å². The Morgan fingerprint density at radius 3 is 2.61 bits per heavy atom. The highest BCUT2D eigenvalue weighted by Crippen LogP contribution is 2.54. The van der Waals surface area contributed by atoms with Crippen LogP contribution in [0.3, 0.4) is 0 Å². The third-order valence-corrected chi connectivity index (χ3v) is 6.99. The fourth-order valence-corrected chi connectivity index (χ4v) is 4.82. The van der Waals surface area contributed by atoms with Crippen LogP contribution in [0.5, 0.6) is 0 Å². The first-order chi connectivity index (χ1) is 14.7. The molecule has 1 atom stereocenters. The lowest BCUT2D eigenvalue weighted by molar-refractivity contribution is -0.141. The van der Waals surface area contributed by atoms with E-state index in [1.165, 1.54) is 0 Å². The largest absolute Gasteiger partial charge is 0.466 e. The molecule has 8 heteroatoms. The van der Waals surface area contributed by atoms with E-state index < -0.39 is 0 Å². The van der Waals surface area contributed by atoms with Gasteiger partial charge in [0.1, 0.15) is 6.61 Å². The molecular formula is C23H38N4O4. The second kappa shape index (κ2) is 9.67. The van der Waals surface area contributed by atoms with Gasteiger partial charge >= 0.3 is 0 Å². The van der Waals surface area contributed by atoms with Crippen molar-refractivity contribution in [2.24, 2.45) is 17.3 Å². The highest BCUT2D eigenvalue weighted by molar-refractivity contribution is 5.77. The number of nitrogens with one attached hydrogen (secondary N) is 1. The number of hydrogen-bond acceptors (Lipinski definition) is 7. The summed E-state index contributed by atoms with van der Waals surface area (Å²) >= 11 is 0. The van der Waals surface area contributed by atoms with Crippen LogP contribution in [0.25, 0.3) is 0 Å². The Kier molecular flexibility index (Phi) is 7.39. The van der Waals surface area contributed by atoms with Crippen LogP contribution in [0.15, 0.2) is 4.42 Å². The first kappa shape index (κ1) is 23.7. The molecule has 0 bridgehead atoms. The SMILES string of the molecule is CCC1(c2nnc(CC(C)(C)C)o2)CC(C2CN(C(=O)CCC(COC=O)NC)C2)C1. The molecule has 31 heavy (non-hydrogen) atoms. The van der Waals surface area contributed by atoms with Crippen LogP contribution in [-0.2, 0) is 26.2 Å². The Balaban J connectivity index is 1.43. The monoisotopic (exact) mass is 434 g/mol. The predicted octanol–water partition coefficient (Wildman–Crippen LogP) is 2.72. The molecule has 1 N–H and O–H groups in total. The van der Waals surface area contributed by atoms with Gasteiger partial charge in [0.2, 0.25) is 17.7 Å². The van der Waals surface area contributed by atoms with E-state index in [9.17, 15) is 9.59 Å². The van der Waals surface area contributed by atoms with Crippen molar-refractivity contribution in [3.05, 3.63) is 11.8 Å². The molecule has 174 valence electrons. The zero-order chi connectivity index (χ0) is 22.6. The summed E-state index contributed by atoms with van der Waals surface area (Å²) in [7, 11) is 1.81. The minimum Gasteiger partial charge on any atom is -0.466 e. The van der Waals surface area contributed by atoms with Crippen LogP contribution in [-0.4, -0.2) is 60.3 Å². The first-order valence-corrected chi connectivity index (χ1v) is 11.5. The van der Waals surface area contributed by atoms with Gasteiger partial charge < -0.3 is 19.4 Å². The van der Waals surface area contributed by atoms with Gasteiger partial charge in [-0.2, -0.15) is 0 Å². The van der Waals surface area contributed by atoms with Gasteiger partial charge in [-0.15, -0.1) is 10.2 Å². The Bertz CT molecular complexity index is 745. The molecule has 2 heterocycles. The van der Waals surface area contributed by atoms with Gasteiger partial charge in [-0.05, 0) is 50.0 Å². The first-order valence-electron chi connectivity index (χ1n) is 11.5. The van der Waals surface area contributed by atoms with Gasteiger partial charge in [-0.25, -0.2) is 0 Å². The third kappa shape index (κ3) is 5.64. The summed E-state index contributed by atoms with van der Waals surface area (Å²) in [4.78, 5) is 24.8. The van der Waals surface area contributed by atoms with Crippen LogP contribution < -0.4 is 5.32 Å². The van der Waals surface area contributed by atoms with Gasteiger partial charge in [0.15, 0.2) is 0 Å². The lowest BCUT2D eigenvalue weighted by Gasteiger charge is -2.53. The van der Waals surface area contributed by atoms with E-state index in [1.54, 1.807) is 0 Å². The summed E-state index contributed by atoms with van der Waals surface area (Å²) in [6.07, 6.45) is 5.07. The minimum atomic E-state index is 0.0107. The lowest BCUT2D eigenvalue weighted by atomic mass is 9.55. The summed E-state index contributed by atoms with van der Waals surface area (Å²) in [6, 6.07) is 0.0144. The molecule has 1 saturated heterocycles. The number of ether oxygens (including phenoxy) is 1. The summed E-state index contributed by atoms with van der Waals surface area (Å²) in [5, 5.41) is 11.8. The predicted molar refractivity (Wildman–Crippen MR) is 116 cm³/mol. The zero-order valence-corrected chi connectivity index (χ0v) is 19.6. The van der Waals surface area contributed by atoms with E-state index in [1.807, 2.05) is 11.9 Å². The van der Waals surface area contributed by atoms with Gasteiger partial charge in [-0.1, -0.05) is 27.7 Å². The van der Waals surface area contributed by atoms with Crippen LogP contribution in [0, 0.1) is 17.3 Å². The maximum Gasteiger partial charge on any atom is 0.293 e. The van der Waals surface area contributed by atoms with E-state index in [-0.39, 0.29) is 22.8 Å². The lowest BCUT2D eigenvalue weighted by Crippen LogP contribution is -2.57. The molecule has 0 aromatic carbocycles. The Labute approximate surface area is 185 Å². The molecule has 1 aromatic rings. The van der Waals surface area contributed by atoms with E-state index in [0.29, 0.717) is 37.8 Å². The summed E-state index contributed by atoms with van der Waals surface area (Å²) in [6.45, 7) is 11.2. The second-order valence-electron chi connectivity index (χ2n) is 10.6. The number of carbonyl (C=O) groups excluding carboxylic acids is 2. The number of nitrogens with zero attached hydrogens (tertiary/aromatic N) is 3. The van der Waals surface area contributed by atoms with E-state index in [2.05, 4.69) is 43.2 Å². The molecule has 1 aliphatic heterocycles. The Morgan fingerprint density at radius 2 is 2.03 bits per heavy atom. The van der Waals surface area contributed by atoms with Crippen molar-refractivity contribution in [3.63, 3.8) is 0 Å². The van der Waals surface area contributed by atoms with Gasteiger partial charge in [0.25, 0.3) is 6.47 Å².